The van der Waals surface area contributed by atoms with E-state index in [-0.39, 0.29) is 4.90 Å². The molecule has 0 unspecified atom stereocenters. The number of piperidine rings is 1. The quantitative estimate of drug-likeness (QED) is 0.833. The number of benzene rings is 1. The van der Waals surface area contributed by atoms with Crippen LogP contribution in [-0.2, 0) is 10.0 Å². The molecule has 1 saturated heterocycles. The van der Waals surface area contributed by atoms with Crippen molar-refractivity contribution in [3.05, 3.63) is 28.8 Å². The molecule has 1 heterocycles. The highest BCUT2D eigenvalue weighted by atomic mass is 35.5. The predicted octanol–water partition coefficient (Wildman–Crippen LogP) is 2.75. The maximum atomic E-state index is 12.5. The molecule has 4 nitrogen and oxygen atoms in total. The average molecular weight is 331 g/mol. The van der Waals surface area contributed by atoms with E-state index in [4.69, 9.17) is 11.6 Å². The monoisotopic (exact) mass is 330 g/mol. The first-order valence-corrected chi connectivity index (χ1v) is 9.18. The van der Waals surface area contributed by atoms with Gasteiger partial charge in [0.15, 0.2) is 0 Å². The molecule has 0 spiro atoms. The Labute approximate surface area is 132 Å². The van der Waals surface area contributed by atoms with Gasteiger partial charge < -0.3 is 4.90 Å². The summed E-state index contributed by atoms with van der Waals surface area (Å²) in [6, 6.07) is 4.89. The van der Waals surface area contributed by atoms with Crippen molar-refractivity contribution in [2.75, 3.05) is 33.2 Å². The van der Waals surface area contributed by atoms with E-state index in [0.29, 0.717) is 11.6 Å². The molecule has 1 aromatic carbocycles. The van der Waals surface area contributed by atoms with Gasteiger partial charge in [0.2, 0.25) is 10.0 Å². The maximum Gasteiger partial charge on any atom is 0.242 e. The summed E-state index contributed by atoms with van der Waals surface area (Å²) in [7, 11) is -1.82. The minimum absolute atomic E-state index is 0.263. The molecule has 1 aromatic rings. The maximum absolute atomic E-state index is 12.5. The Bertz CT molecular complexity index is 583. The number of sulfonamides is 1. The molecule has 0 amide bonds. The molecular formula is C15H23ClN2O2S. The van der Waals surface area contributed by atoms with Crippen molar-refractivity contribution in [1.82, 2.24) is 9.21 Å². The number of aryl methyl sites for hydroxylation is 1. The van der Waals surface area contributed by atoms with Crippen molar-refractivity contribution in [2.24, 2.45) is 0 Å². The molecule has 0 bridgehead atoms. The van der Waals surface area contributed by atoms with Crippen LogP contribution in [0, 0.1) is 6.92 Å². The smallest absolute Gasteiger partial charge is 0.242 e. The highest BCUT2D eigenvalue weighted by Gasteiger charge is 2.22. The van der Waals surface area contributed by atoms with Crippen LogP contribution in [0.25, 0.3) is 0 Å². The molecule has 1 aliphatic rings. The third-order valence-electron chi connectivity index (χ3n) is 4.03. The zero-order valence-electron chi connectivity index (χ0n) is 12.7. The summed E-state index contributed by atoms with van der Waals surface area (Å²) in [5.74, 6) is 0. The van der Waals surface area contributed by atoms with Crippen molar-refractivity contribution in [3.8, 4) is 0 Å². The lowest BCUT2D eigenvalue weighted by Gasteiger charge is -2.28. The SMILES string of the molecule is Cc1ccc(S(=O)(=O)N(C)CCN2CCCCC2)cc1Cl. The molecule has 1 fully saturated rings. The molecule has 0 atom stereocenters. The molecule has 0 radical (unpaired) electrons. The minimum Gasteiger partial charge on any atom is -0.302 e. The first-order chi connectivity index (χ1) is 9.91. The number of hydrogen-bond donors (Lipinski definition) is 0. The second-order valence-corrected chi connectivity index (χ2v) is 8.09. The highest BCUT2D eigenvalue weighted by molar-refractivity contribution is 7.89. The van der Waals surface area contributed by atoms with Crippen LogP contribution < -0.4 is 0 Å². The molecule has 0 N–H and O–H groups in total. The Morgan fingerprint density at radius 2 is 1.90 bits per heavy atom. The molecular weight excluding hydrogens is 308 g/mol. The van der Waals surface area contributed by atoms with Crippen molar-refractivity contribution < 1.29 is 8.42 Å². The van der Waals surface area contributed by atoms with Crippen molar-refractivity contribution in [3.63, 3.8) is 0 Å². The second kappa shape index (κ2) is 7.09. The summed E-state index contributed by atoms with van der Waals surface area (Å²) in [6.45, 7) is 5.30. The fraction of sp³-hybridized carbons (Fsp3) is 0.600. The average Bonchev–Trinajstić information content (AvgIpc) is 2.48. The van der Waals surface area contributed by atoms with Crippen LogP contribution in [0.15, 0.2) is 23.1 Å². The van der Waals surface area contributed by atoms with Gasteiger partial charge in [0.05, 0.1) is 4.90 Å². The van der Waals surface area contributed by atoms with E-state index in [0.717, 1.165) is 25.2 Å². The minimum atomic E-state index is -3.46. The van der Waals surface area contributed by atoms with Crippen LogP contribution in [0.2, 0.25) is 5.02 Å². The lowest BCUT2D eigenvalue weighted by molar-refractivity contribution is 0.218. The normalized spacial score (nSPS) is 17.3. The largest absolute Gasteiger partial charge is 0.302 e. The second-order valence-electron chi connectivity index (χ2n) is 5.64. The number of likely N-dealkylation sites (tertiary alicyclic amines) is 1. The number of likely N-dealkylation sites (N-methyl/N-ethyl adjacent to an activating group) is 1. The Morgan fingerprint density at radius 3 is 2.52 bits per heavy atom. The molecule has 0 saturated carbocycles. The number of nitrogens with zero attached hydrogens (tertiary/aromatic N) is 2. The van der Waals surface area contributed by atoms with Gasteiger partial charge in [0.1, 0.15) is 0 Å². The van der Waals surface area contributed by atoms with Gasteiger partial charge in [0, 0.05) is 25.2 Å². The molecule has 6 heteroatoms. The Kier molecular flexibility index (Phi) is 5.66. The van der Waals surface area contributed by atoms with Crippen LogP contribution in [0.5, 0.6) is 0 Å². The van der Waals surface area contributed by atoms with Gasteiger partial charge in [0.25, 0.3) is 0 Å². The fourth-order valence-corrected chi connectivity index (χ4v) is 3.93. The molecule has 2 rings (SSSR count). The van der Waals surface area contributed by atoms with Crippen LogP contribution in [0.3, 0.4) is 0 Å². The molecule has 0 aromatic heterocycles. The lowest BCUT2D eigenvalue weighted by Crippen LogP contribution is -2.38. The molecule has 0 aliphatic carbocycles. The summed E-state index contributed by atoms with van der Waals surface area (Å²) in [4.78, 5) is 2.59. The summed E-state index contributed by atoms with van der Waals surface area (Å²) in [5, 5.41) is 0.487. The first-order valence-electron chi connectivity index (χ1n) is 7.36. The van der Waals surface area contributed by atoms with Crippen LogP contribution in [-0.4, -0.2) is 50.8 Å². The summed E-state index contributed by atoms with van der Waals surface area (Å²) in [5.41, 5.74) is 0.881. The summed E-state index contributed by atoms with van der Waals surface area (Å²) >= 11 is 6.03. The third-order valence-corrected chi connectivity index (χ3v) is 6.29. The summed E-state index contributed by atoms with van der Waals surface area (Å²) in [6.07, 6.45) is 3.71. The Hall–Kier alpha value is -0.620. The van der Waals surface area contributed by atoms with Gasteiger partial charge in [-0.25, -0.2) is 8.42 Å². The van der Waals surface area contributed by atoms with Gasteiger partial charge in [-0.15, -0.1) is 0 Å². The van der Waals surface area contributed by atoms with Crippen LogP contribution >= 0.6 is 11.6 Å². The lowest BCUT2D eigenvalue weighted by atomic mass is 10.1. The third kappa shape index (κ3) is 4.19. The Morgan fingerprint density at radius 1 is 1.24 bits per heavy atom. The number of rotatable bonds is 5. The zero-order valence-corrected chi connectivity index (χ0v) is 14.3. The van der Waals surface area contributed by atoms with E-state index < -0.39 is 10.0 Å². The summed E-state index contributed by atoms with van der Waals surface area (Å²) < 4.78 is 26.5. The van der Waals surface area contributed by atoms with E-state index in [1.165, 1.54) is 29.6 Å². The fourth-order valence-electron chi connectivity index (χ4n) is 2.50. The van der Waals surface area contributed by atoms with E-state index >= 15 is 0 Å². The van der Waals surface area contributed by atoms with Gasteiger partial charge in [-0.2, -0.15) is 4.31 Å². The standard InChI is InChI=1S/C15H23ClN2O2S/c1-13-6-7-14(12-15(13)16)21(19,20)17(2)10-11-18-8-4-3-5-9-18/h6-7,12H,3-5,8-11H2,1-2H3. The Balaban J connectivity index is 2.02. The van der Waals surface area contributed by atoms with E-state index in [1.807, 2.05) is 6.92 Å². The van der Waals surface area contributed by atoms with Crippen molar-refractivity contribution in [2.45, 2.75) is 31.1 Å². The first kappa shape index (κ1) is 16.7. The highest BCUT2D eigenvalue weighted by Crippen LogP contribution is 2.22. The van der Waals surface area contributed by atoms with E-state index in [9.17, 15) is 8.42 Å². The van der Waals surface area contributed by atoms with Gasteiger partial charge >= 0.3 is 0 Å². The predicted molar refractivity (Wildman–Crippen MR) is 86.3 cm³/mol. The van der Waals surface area contributed by atoms with Gasteiger partial charge in [-0.3, -0.25) is 0 Å². The van der Waals surface area contributed by atoms with Gasteiger partial charge in [-0.1, -0.05) is 24.1 Å². The van der Waals surface area contributed by atoms with Gasteiger partial charge in [-0.05, 0) is 50.6 Å². The molecule has 21 heavy (non-hydrogen) atoms. The van der Waals surface area contributed by atoms with Crippen LogP contribution in [0.1, 0.15) is 24.8 Å². The number of halogens is 1. The van der Waals surface area contributed by atoms with Crippen molar-refractivity contribution in [1.29, 1.82) is 0 Å². The van der Waals surface area contributed by atoms with Crippen LogP contribution in [0.4, 0.5) is 0 Å². The van der Waals surface area contributed by atoms with E-state index in [2.05, 4.69) is 4.90 Å². The zero-order chi connectivity index (χ0) is 15.5. The molecule has 118 valence electrons. The number of hydrogen-bond acceptors (Lipinski definition) is 3. The topological polar surface area (TPSA) is 40.6 Å². The molecule has 1 aliphatic heterocycles. The van der Waals surface area contributed by atoms with E-state index in [1.54, 1.807) is 19.2 Å². The van der Waals surface area contributed by atoms with Crippen molar-refractivity contribution >= 4 is 21.6 Å².